The lowest BCUT2D eigenvalue weighted by atomic mass is 10.1. The van der Waals surface area contributed by atoms with Gasteiger partial charge >= 0.3 is 0 Å². The van der Waals surface area contributed by atoms with Crippen LogP contribution in [0.15, 0.2) is 54.7 Å². The predicted octanol–water partition coefficient (Wildman–Crippen LogP) is 4.16. The van der Waals surface area contributed by atoms with Crippen molar-refractivity contribution in [2.24, 2.45) is 0 Å². The summed E-state index contributed by atoms with van der Waals surface area (Å²) in [5.41, 5.74) is 4.49. The van der Waals surface area contributed by atoms with E-state index in [2.05, 4.69) is 47.6 Å². The first-order chi connectivity index (χ1) is 10.3. The number of aryl methyl sites for hydroxylation is 1. The molecule has 3 heteroatoms. The number of methoxy groups -OCH3 is 1. The molecular formula is C18H18N2O. The van der Waals surface area contributed by atoms with Gasteiger partial charge in [-0.25, -0.2) is 0 Å². The first-order valence-corrected chi connectivity index (χ1v) is 6.99. The molecule has 0 saturated carbocycles. The van der Waals surface area contributed by atoms with Crippen LogP contribution in [0.4, 0.5) is 5.69 Å². The van der Waals surface area contributed by atoms with Gasteiger partial charge in [-0.15, -0.1) is 0 Å². The fourth-order valence-corrected chi connectivity index (χ4v) is 2.37. The molecule has 3 nitrogen and oxygen atoms in total. The van der Waals surface area contributed by atoms with E-state index >= 15 is 0 Å². The maximum atomic E-state index is 5.37. The highest BCUT2D eigenvalue weighted by atomic mass is 16.5. The molecule has 1 aromatic heterocycles. The summed E-state index contributed by atoms with van der Waals surface area (Å²) in [7, 11) is 1.67. The third kappa shape index (κ3) is 2.82. The molecule has 21 heavy (non-hydrogen) atoms. The van der Waals surface area contributed by atoms with E-state index in [9.17, 15) is 0 Å². The highest BCUT2D eigenvalue weighted by molar-refractivity contribution is 5.94. The van der Waals surface area contributed by atoms with Crippen LogP contribution in [-0.2, 0) is 6.54 Å². The summed E-state index contributed by atoms with van der Waals surface area (Å²) in [6.07, 6.45) is 1.81. The van der Waals surface area contributed by atoms with Gasteiger partial charge in [-0.2, -0.15) is 0 Å². The maximum Gasteiger partial charge on any atom is 0.145 e. The van der Waals surface area contributed by atoms with Crippen LogP contribution in [0.25, 0.3) is 10.9 Å². The summed E-state index contributed by atoms with van der Waals surface area (Å²) < 4.78 is 5.37. The van der Waals surface area contributed by atoms with E-state index < -0.39 is 0 Å². The van der Waals surface area contributed by atoms with Gasteiger partial charge in [0.05, 0.1) is 7.11 Å². The average molecular weight is 278 g/mol. The van der Waals surface area contributed by atoms with E-state index in [4.69, 9.17) is 4.74 Å². The SMILES string of the molecule is COc1cccc2c(NCc3ccc(C)cc3)ccnc12. The lowest BCUT2D eigenvalue weighted by Gasteiger charge is -2.11. The highest BCUT2D eigenvalue weighted by Crippen LogP contribution is 2.28. The highest BCUT2D eigenvalue weighted by Gasteiger charge is 2.06. The number of hydrogen-bond donors (Lipinski definition) is 1. The number of rotatable bonds is 4. The van der Waals surface area contributed by atoms with Crippen molar-refractivity contribution in [3.05, 3.63) is 65.9 Å². The minimum absolute atomic E-state index is 0.788. The number of pyridine rings is 1. The molecule has 0 fully saturated rings. The first kappa shape index (κ1) is 13.4. The Labute approximate surface area is 124 Å². The number of aromatic nitrogens is 1. The topological polar surface area (TPSA) is 34.1 Å². The Hall–Kier alpha value is -2.55. The summed E-state index contributed by atoms with van der Waals surface area (Å²) in [5, 5.41) is 4.55. The number of nitrogens with zero attached hydrogens (tertiary/aromatic N) is 1. The van der Waals surface area contributed by atoms with Crippen molar-refractivity contribution in [1.29, 1.82) is 0 Å². The largest absolute Gasteiger partial charge is 0.494 e. The van der Waals surface area contributed by atoms with E-state index in [1.807, 2.05) is 24.4 Å². The summed E-state index contributed by atoms with van der Waals surface area (Å²) in [4.78, 5) is 4.41. The molecule has 0 bridgehead atoms. The number of hydrogen-bond acceptors (Lipinski definition) is 3. The average Bonchev–Trinajstić information content (AvgIpc) is 2.53. The Kier molecular flexibility index (Phi) is 3.73. The molecule has 0 aliphatic rings. The molecule has 3 rings (SSSR count). The van der Waals surface area contributed by atoms with Crippen molar-refractivity contribution < 1.29 is 4.74 Å². The summed E-state index contributed by atoms with van der Waals surface area (Å²) in [5.74, 6) is 0.798. The second-order valence-electron chi connectivity index (χ2n) is 5.05. The normalized spacial score (nSPS) is 10.6. The standard InChI is InChI=1S/C18H18N2O/c1-13-6-8-14(9-7-13)12-20-16-10-11-19-18-15(16)4-3-5-17(18)21-2/h3-11H,12H2,1-2H3,(H,19,20). The number of anilines is 1. The zero-order valence-electron chi connectivity index (χ0n) is 12.3. The minimum atomic E-state index is 0.788. The number of para-hydroxylation sites is 1. The van der Waals surface area contributed by atoms with Crippen LogP contribution >= 0.6 is 0 Å². The van der Waals surface area contributed by atoms with Gasteiger partial charge in [0.1, 0.15) is 11.3 Å². The number of benzene rings is 2. The Morgan fingerprint density at radius 1 is 1.05 bits per heavy atom. The molecule has 0 saturated heterocycles. The summed E-state index contributed by atoms with van der Waals surface area (Å²) in [6.45, 7) is 2.89. The fraction of sp³-hybridized carbons (Fsp3) is 0.167. The molecule has 0 spiro atoms. The van der Waals surface area contributed by atoms with Crippen LogP contribution in [0.5, 0.6) is 5.75 Å². The van der Waals surface area contributed by atoms with Crippen LogP contribution in [0.2, 0.25) is 0 Å². The molecule has 0 amide bonds. The Balaban J connectivity index is 1.88. The Morgan fingerprint density at radius 3 is 2.62 bits per heavy atom. The number of fused-ring (bicyclic) bond motifs is 1. The van der Waals surface area contributed by atoms with Gasteiger partial charge in [-0.05, 0) is 24.6 Å². The van der Waals surface area contributed by atoms with E-state index in [1.165, 1.54) is 11.1 Å². The van der Waals surface area contributed by atoms with Crippen molar-refractivity contribution in [2.45, 2.75) is 13.5 Å². The molecule has 0 aliphatic carbocycles. The zero-order chi connectivity index (χ0) is 14.7. The molecular weight excluding hydrogens is 260 g/mol. The second-order valence-corrected chi connectivity index (χ2v) is 5.05. The van der Waals surface area contributed by atoms with Gasteiger partial charge < -0.3 is 10.1 Å². The van der Waals surface area contributed by atoms with Crippen molar-refractivity contribution in [3.63, 3.8) is 0 Å². The minimum Gasteiger partial charge on any atom is -0.494 e. The monoisotopic (exact) mass is 278 g/mol. The van der Waals surface area contributed by atoms with Crippen molar-refractivity contribution in [1.82, 2.24) is 4.98 Å². The first-order valence-electron chi connectivity index (χ1n) is 6.99. The fourth-order valence-electron chi connectivity index (χ4n) is 2.37. The Bertz CT molecular complexity index is 751. The van der Waals surface area contributed by atoms with Gasteiger partial charge in [-0.3, -0.25) is 4.98 Å². The van der Waals surface area contributed by atoms with Crippen molar-refractivity contribution >= 4 is 16.6 Å². The van der Waals surface area contributed by atoms with Crippen LogP contribution in [0.3, 0.4) is 0 Å². The van der Waals surface area contributed by atoms with E-state index in [0.29, 0.717) is 0 Å². The quantitative estimate of drug-likeness (QED) is 0.778. The van der Waals surface area contributed by atoms with Crippen LogP contribution in [-0.4, -0.2) is 12.1 Å². The lowest BCUT2D eigenvalue weighted by Crippen LogP contribution is -2.00. The van der Waals surface area contributed by atoms with Crippen molar-refractivity contribution in [2.75, 3.05) is 12.4 Å². The van der Waals surface area contributed by atoms with Gasteiger partial charge in [0, 0.05) is 23.8 Å². The van der Waals surface area contributed by atoms with E-state index in [1.54, 1.807) is 7.11 Å². The van der Waals surface area contributed by atoms with Crippen LogP contribution < -0.4 is 10.1 Å². The van der Waals surface area contributed by atoms with Crippen LogP contribution in [0.1, 0.15) is 11.1 Å². The van der Waals surface area contributed by atoms with E-state index in [0.717, 1.165) is 28.9 Å². The zero-order valence-corrected chi connectivity index (χ0v) is 12.3. The summed E-state index contributed by atoms with van der Waals surface area (Å²) >= 11 is 0. The Morgan fingerprint density at radius 2 is 1.86 bits per heavy atom. The molecule has 0 unspecified atom stereocenters. The number of ether oxygens (including phenoxy) is 1. The molecule has 3 aromatic rings. The molecule has 0 radical (unpaired) electrons. The van der Waals surface area contributed by atoms with E-state index in [-0.39, 0.29) is 0 Å². The van der Waals surface area contributed by atoms with Gasteiger partial charge in [-0.1, -0.05) is 42.0 Å². The van der Waals surface area contributed by atoms with Gasteiger partial charge in [0.2, 0.25) is 0 Å². The molecule has 0 aliphatic heterocycles. The maximum absolute atomic E-state index is 5.37. The van der Waals surface area contributed by atoms with Gasteiger partial charge in [0.15, 0.2) is 0 Å². The second kappa shape index (κ2) is 5.83. The summed E-state index contributed by atoms with van der Waals surface area (Å²) in [6, 6.07) is 16.5. The third-order valence-corrected chi connectivity index (χ3v) is 3.56. The third-order valence-electron chi connectivity index (χ3n) is 3.56. The molecule has 1 heterocycles. The van der Waals surface area contributed by atoms with Crippen molar-refractivity contribution in [3.8, 4) is 5.75 Å². The molecule has 1 N–H and O–H groups in total. The van der Waals surface area contributed by atoms with Gasteiger partial charge in [0.25, 0.3) is 0 Å². The lowest BCUT2D eigenvalue weighted by molar-refractivity contribution is 0.419. The smallest absolute Gasteiger partial charge is 0.145 e. The molecule has 106 valence electrons. The molecule has 0 atom stereocenters. The van der Waals surface area contributed by atoms with Crippen LogP contribution in [0, 0.1) is 6.92 Å². The molecule has 2 aromatic carbocycles. The predicted molar refractivity (Wildman–Crippen MR) is 86.8 cm³/mol. The number of nitrogens with one attached hydrogen (secondary N) is 1.